The summed E-state index contributed by atoms with van der Waals surface area (Å²) in [5.74, 6) is -0.173. The van der Waals surface area contributed by atoms with Gasteiger partial charge in [0.05, 0.1) is 12.1 Å². The summed E-state index contributed by atoms with van der Waals surface area (Å²) in [5, 5.41) is 0. The molecule has 11 heteroatoms. The van der Waals surface area contributed by atoms with E-state index in [0.717, 1.165) is 44.5 Å². The molecular formula is C26H40Cl3N3O4S. The summed E-state index contributed by atoms with van der Waals surface area (Å²) in [6, 6.07) is 7.02. The van der Waals surface area contributed by atoms with Crippen molar-refractivity contribution in [1.82, 2.24) is 9.80 Å². The van der Waals surface area contributed by atoms with Crippen LogP contribution in [0.2, 0.25) is 0 Å². The second-order valence-corrected chi connectivity index (χ2v) is 12.8. The summed E-state index contributed by atoms with van der Waals surface area (Å²) >= 11 is 0. The molecule has 37 heavy (non-hydrogen) atoms. The zero-order valence-electron chi connectivity index (χ0n) is 22.0. The van der Waals surface area contributed by atoms with Crippen LogP contribution in [0, 0.1) is 0 Å². The Morgan fingerprint density at radius 3 is 2.35 bits per heavy atom. The number of halogens is 3. The number of fused-ring (bicyclic) bond motifs is 1. The number of hydrogen-bond acceptors (Lipinski definition) is 5. The number of anilines is 1. The zero-order valence-corrected chi connectivity index (χ0v) is 25.1. The van der Waals surface area contributed by atoms with Gasteiger partial charge in [-0.2, -0.15) is 0 Å². The van der Waals surface area contributed by atoms with Crippen LogP contribution in [0.1, 0.15) is 69.9 Å². The summed E-state index contributed by atoms with van der Waals surface area (Å²) < 4.78 is 14.4. The van der Waals surface area contributed by atoms with Crippen molar-refractivity contribution in [3.05, 3.63) is 29.3 Å². The topological polar surface area (TPSA) is 70.2 Å². The molecular weight excluding hydrogens is 557 g/mol. The van der Waals surface area contributed by atoms with Crippen LogP contribution < -0.4 is 4.90 Å². The first kappa shape index (κ1) is 32.2. The van der Waals surface area contributed by atoms with Gasteiger partial charge in [0.1, 0.15) is 0 Å². The molecule has 2 amide bonds. The molecule has 2 aliphatic heterocycles. The maximum absolute atomic E-state index is 13.7. The number of amides is 2. The van der Waals surface area contributed by atoms with Gasteiger partial charge in [-0.25, -0.2) is 9.00 Å². The average molecular weight is 597 g/mol. The van der Waals surface area contributed by atoms with Crippen LogP contribution in [0.5, 0.6) is 0 Å². The van der Waals surface area contributed by atoms with Gasteiger partial charge >= 0.3 is 12.0 Å². The van der Waals surface area contributed by atoms with E-state index in [1.54, 1.807) is 0 Å². The first-order valence-electron chi connectivity index (χ1n) is 13.0. The molecule has 7 nitrogen and oxygen atoms in total. The fourth-order valence-corrected chi connectivity index (χ4v) is 5.50. The Kier molecular flexibility index (Phi) is 13.5. The minimum atomic E-state index is -1.67. The smallest absolute Gasteiger partial charge is 0.325 e. The molecule has 1 atom stereocenters. The summed E-state index contributed by atoms with van der Waals surface area (Å²) in [6.45, 7) is 6.58. The van der Waals surface area contributed by atoms with E-state index in [0.29, 0.717) is 25.4 Å². The molecule has 0 N–H and O–H groups in total. The van der Waals surface area contributed by atoms with Crippen molar-refractivity contribution in [2.45, 2.75) is 89.8 Å². The van der Waals surface area contributed by atoms with Crippen LogP contribution in [0.3, 0.4) is 0 Å². The van der Waals surface area contributed by atoms with Crippen molar-refractivity contribution in [2.75, 3.05) is 31.6 Å². The van der Waals surface area contributed by atoms with Crippen LogP contribution in [0.4, 0.5) is 10.5 Å². The Balaban J connectivity index is 0.000000898. The van der Waals surface area contributed by atoms with E-state index in [4.69, 9.17) is 8.95 Å². The van der Waals surface area contributed by atoms with Gasteiger partial charge < -0.3 is 14.5 Å². The van der Waals surface area contributed by atoms with Gasteiger partial charge in [-0.1, -0.05) is 25.3 Å². The van der Waals surface area contributed by atoms with Crippen LogP contribution in [0.25, 0.3) is 0 Å². The van der Waals surface area contributed by atoms with Crippen LogP contribution in [-0.2, 0) is 31.6 Å². The molecule has 0 spiro atoms. The summed E-state index contributed by atoms with van der Waals surface area (Å²) in [7, 11) is 9.53. The van der Waals surface area contributed by atoms with Crippen molar-refractivity contribution >= 4 is 60.7 Å². The van der Waals surface area contributed by atoms with Crippen molar-refractivity contribution < 1.29 is 18.5 Å². The van der Waals surface area contributed by atoms with Crippen LogP contribution in [-0.4, -0.2) is 70.9 Å². The van der Waals surface area contributed by atoms with Crippen molar-refractivity contribution in [1.29, 1.82) is 0 Å². The van der Waals surface area contributed by atoms with E-state index in [1.807, 2.05) is 18.7 Å². The van der Waals surface area contributed by atoms with Gasteiger partial charge in [-0.05, 0) is 76.3 Å². The molecule has 1 aromatic rings. The molecule has 2 heterocycles. The van der Waals surface area contributed by atoms with Crippen molar-refractivity contribution in [3.8, 4) is 0 Å². The second-order valence-electron chi connectivity index (χ2n) is 10.3. The fraction of sp³-hybridized carbons (Fsp3) is 0.692. The first-order chi connectivity index (χ1) is 17.2. The Bertz CT molecular complexity index is 926. The van der Waals surface area contributed by atoms with Gasteiger partial charge in [0.15, 0.2) is 0 Å². The van der Waals surface area contributed by atoms with Gasteiger partial charge in [0.25, 0.3) is 0 Å². The first-order valence-corrected chi connectivity index (χ1v) is 15.8. The number of rotatable bonds is 6. The normalized spacial score (nSPS) is 20.7. The van der Waals surface area contributed by atoms with Gasteiger partial charge in [-0.15, -0.1) is 12.4 Å². The number of hydrogen-bond donors (Lipinski definition) is 0. The molecule has 1 unspecified atom stereocenters. The lowest BCUT2D eigenvalue weighted by Gasteiger charge is -2.30. The lowest BCUT2D eigenvalue weighted by molar-refractivity contribution is -0.147. The van der Waals surface area contributed by atoms with E-state index >= 15 is 0 Å². The highest BCUT2D eigenvalue weighted by molar-refractivity contribution is 8.26. The molecule has 1 saturated carbocycles. The molecule has 3 aliphatic rings. The number of esters is 1. The van der Waals surface area contributed by atoms with E-state index in [2.05, 4.69) is 56.4 Å². The number of ether oxygens (including phenoxy) is 1. The maximum atomic E-state index is 13.7. The minimum absolute atomic E-state index is 0. The number of benzene rings is 1. The number of urea groups is 1. The quantitative estimate of drug-likeness (QED) is 0.304. The average Bonchev–Trinajstić information content (AvgIpc) is 3.04. The third-order valence-electron chi connectivity index (χ3n) is 7.28. The largest absolute Gasteiger partial charge is 0.463 e. The van der Waals surface area contributed by atoms with E-state index < -0.39 is 9.23 Å². The molecule has 0 aromatic heterocycles. The standard InChI is InChI=1S/C26H39N3O3.Cl2OS.ClH/c1-19(2)32-25(30)12-11-24-18-28(22-7-5-4-6-8-22)26(31)29(24)23-10-9-20-13-15-27(3)16-14-21(20)17-23;1-4(2)3;/h9-10,17,19,22,24H,4-8,11-16,18H2,1-3H3;;1H. The minimum Gasteiger partial charge on any atom is -0.463 e. The molecule has 210 valence electrons. The summed E-state index contributed by atoms with van der Waals surface area (Å²) in [5.41, 5.74) is 3.73. The van der Waals surface area contributed by atoms with Crippen LogP contribution in [0.15, 0.2) is 18.2 Å². The summed E-state index contributed by atoms with van der Waals surface area (Å²) in [6.07, 6.45) is 8.81. The molecule has 1 aliphatic carbocycles. The highest BCUT2D eigenvalue weighted by Gasteiger charge is 2.41. The number of likely N-dealkylation sites (N-methyl/N-ethyl adjacent to an activating group) is 1. The highest BCUT2D eigenvalue weighted by atomic mass is 36.0. The van der Waals surface area contributed by atoms with Crippen LogP contribution >= 0.6 is 33.8 Å². The van der Waals surface area contributed by atoms with Gasteiger partial charge in [-0.3, -0.25) is 9.69 Å². The van der Waals surface area contributed by atoms with Crippen molar-refractivity contribution in [3.63, 3.8) is 0 Å². The predicted molar refractivity (Wildman–Crippen MR) is 154 cm³/mol. The Morgan fingerprint density at radius 1 is 1.11 bits per heavy atom. The lowest BCUT2D eigenvalue weighted by atomic mass is 9.94. The zero-order chi connectivity index (χ0) is 26.2. The predicted octanol–water partition coefficient (Wildman–Crippen LogP) is 5.86. The Hall–Kier alpha value is -1.06. The lowest BCUT2D eigenvalue weighted by Crippen LogP contribution is -2.40. The maximum Gasteiger partial charge on any atom is 0.325 e. The molecule has 0 radical (unpaired) electrons. The fourth-order valence-electron chi connectivity index (χ4n) is 5.50. The number of nitrogens with zero attached hydrogens (tertiary/aromatic N) is 3. The highest BCUT2D eigenvalue weighted by Crippen LogP contribution is 2.34. The Labute approximate surface area is 239 Å². The SMILES string of the molecule is CC(C)OC(=O)CCC1CN(C2CCCCC2)C(=O)N1c1ccc2c(c1)CCN(C)CC2.Cl.O=S(Cl)Cl. The molecule has 1 aromatic carbocycles. The molecule has 4 rings (SSSR count). The number of carbonyl (C=O) groups excluding carboxylic acids is 2. The monoisotopic (exact) mass is 595 g/mol. The summed E-state index contributed by atoms with van der Waals surface area (Å²) in [4.78, 5) is 32.3. The van der Waals surface area contributed by atoms with Gasteiger partial charge in [0.2, 0.25) is 9.23 Å². The third-order valence-corrected chi connectivity index (χ3v) is 7.28. The number of carbonyl (C=O) groups is 2. The molecule has 0 bridgehead atoms. The van der Waals surface area contributed by atoms with Crippen molar-refractivity contribution in [2.24, 2.45) is 0 Å². The van der Waals surface area contributed by atoms with E-state index in [1.165, 1.54) is 30.4 Å². The van der Waals surface area contributed by atoms with E-state index in [-0.39, 0.29) is 36.6 Å². The van der Waals surface area contributed by atoms with Gasteiger partial charge in [0, 0.05) is 59.1 Å². The van der Waals surface area contributed by atoms with E-state index in [9.17, 15) is 9.59 Å². The second kappa shape index (κ2) is 15.5. The molecule has 2 fully saturated rings. The third kappa shape index (κ3) is 9.57. The molecule has 1 saturated heterocycles. The Morgan fingerprint density at radius 2 is 1.73 bits per heavy atom.